The van der Waals surface area contributed by atoms with Crippen molar-refractivity contribution in [1.29, 1.82) is 0 Å². The highest BCUT2D eigenvalue weighted by Gasteiger charge is 2.23. The predicted molar refractivity (Wildman–Crippen MR) is 96.0 cm³/mol. The smallest absolute Gasteiger partial charge is 0.263 e. The number of hydrogen-bond acceptors (Lipinski definition) is 5. The van der Waals surface area contributed by atoms with Gasteiger partial charge in [0.25, 0.3) is 10.0 Å². The van der Waals surface area contributed by atoms with Crippen LogP contribution in [0.25, 0.3) is 10.6 Å². The molecular formula is C17H18N2O3S2. The molecule has 0 aliphatic rings. The van der Waals surface area contributed by atoms with Crippen LogP contribution in [0.5, 0.6) is 0 Å². The zero-order chi connectivity index (χ0) is 17.5. The number of aryl methyl sites for hydroxylation is 3. The van der Waals surface area contributed by atoms with Crippen molar-refractivity contribution >= 4 is 27.0 Å². The summed E-state index contributed by atoms with van der Waals surface area (Å²) < 4.78 is 33.4. The van der Waals surface area contributed by atoms with Crippen molar-refractivity contribution in [3.05, 3.63) is 52.0 Å². The van der Waals surface area contributed by atoms with Gasteiger partial charge in [-0.15, -0.1) is 11.3 Å². The Morgan fingerprint density at radius 2 is 1.88 bits per heavy atom. The van der Waals surface area contributed by atoms with Crippen LogP contribution in [0.3, 0.4) is 0 Å². The molecule has 0 radical (unpaired) electrons. The van der Waals surface area contributed by atoms with Gasteiger partial charge in [0.2, 0.25) is 0 Å². The highest BCUT2D eigenvalue weighted by molar-refractivity contribution is 7.93. The van der Waals surface area contributed by atoms with Crippen LogP contribution in [-0.4, -0.2) is 13.6 Å². The van der Waals surface area contributed by atoms with Crippen molar-refractivity contribution in [3.8, 4) is 10.6 Å². The summed E-state index contributed by atoms with van der Waals surface area (Å²) in [7, 11) is -3.66. The molecule has 0 amide bonds. The Morgan fingerprint density at radius 1 is 1.12 bits per heavy atom. The number of rotatable bonds is 4. The fourth-order valence-electron chi connectivity index (χ4n) is 2.41. The maximum Gasteiger partial charge on any atom is 0.263 e. The first kappa shape index (κ1) is 16.7. The van der Waals surface area contributed by atoms with E-state index >= 15 is 0 Å². The topological polar surface area (TPSA) is 72.2 Å². The van der Waals surface area contributed by atoms with Crippen molar-refractivity contribution in [1.82, 2.24) is 5.16 Å². The molecule has 2 aromatic heterocycles. The largest absolute Gasteiger partial charge is 0.355 e. The Labute approximate surface area is 145 Å². The van der Waals surface area contributed by atoms with Crippen molar-refractivity contribution in [2.24, 2.45) is 0 Å². The molecule has 0 fully saturated rings. The van der Waals surface area contributed by atoms with Crippen molar-refractivity contribution in [2.45, 2.75) is 32.6 Å². The maximum absolute atomic E-state index is 12.7. The average Bonchev–Trinajstić information content (AvgIpc) is 3.03. The molecule has 0 spiro atoms. The lowest BCUT2D eigenvalue weighted by Crippen LogP contribution is -2.13. The summed E-state index contributed by atoms with van der Waals surface area (Å²) in [4.78, 5) is 1.73. The molecule has 7 heteroatoms. The van der Waals surface area contributed by atoms with Gasteiger partial charge >= 0.3 is 0 Å². The van der Waals surface area contributed by atoms with Gasteiger partial charge in [0, 0.05) is 16.1 Å². The van der Waals surface area contributed by atoms with Crippen LogP contribution in [0, 0.1) is 27.7 Å². The molecule has 24 heavy (non-hydrogen) atoms. The quantitative estimate of drug-likeness (QED) is 0.745. The summed E-state index contributed by atoms with van der Waals surface area (Å²) in [5.74, 6) is 0.623. The van der Waals surface area contributed by atoms with E-state index in [1.165, 1.54) is 11.3 Å². The predicted octanol–water partition coefficient (Wildman–Crippen LogP) is 4.44. The van der Waals surface area contributed by atoms with Crippen molar-refractivity contribution < 1.29 is 12.9 Å². The lowest BCUT2D eigenvalue weighted by atomic mass is 10.2. The van der Waals surface area contributed by atoms with Crippen molar-refractivity contribution in [3.63, 3.8) is 0 Å². The summed E-state index contributed by atoms with van der Waals surface area (Å²) in [6.45, 7) is 7.48. The average molecular weight is 362 g/mol. The van der Waals surface area contributed by atoms with Gasteiger partial charge in [0.05, 0.1) is 10.6 Å². The summed E-state index contributed by atoms with van der Waals surface area (Å²) in [5.41, 5.74) is 3.27. The van der Waals surface area contributed by atoms with E-state index in [9.17, 15) is 8.42 Å². The van der Waals surface area contributed by atoms with Gasteiger partial charge < -0.3 is 4.52 Å². The molecule has 0 saturated carbocycles. The standard InChI is InChI=1S/C17H18N2O3S2/c1-10-6-5-7-14(8-10)19-24(20,21)16-9-15(23-13(16)4)17-11(2)12(3)18-22-17/h5-9,19H,1-4H3. The number of nitrogens with zero attached hydrogens (tertiary/aromatic N) is 1. The highest BCUT2D eigenvalue weighted by Crippen LogP contribution is 2.36. The molecule has 0 unspecified atom stereocenters. The molecule has 126 valence electrons. The minimum Gasteiger partial charge on any atom is -0.355 e. The SMILES string of the molecule is Cc1cccc(NS(=O)(=O)c2cc(-c3onc(C)c3C)sc2C)c1. The molecule has 5 nitrogen and oxygen atoms in total. The van der Waals surface area contributed by atoms with E-state index in [0.717, 1.165) is 21.7 Å². The fraction of sp³-hybridized carbons (Fsp3) is 0.235. The Balaban J connectivity index is 1.98. The zero-order valence-corrected chi connectivity index (χ0v) is 15.5. The molecule has 3 rings (SSSR count). The summed E-state index contributed by atoms with van der Waals surface area (Å²) >= 11 is 1.38. The second-order valence-electron chi connectivity index (χ2n) is 5.73. The number of aromatic nitrogens is 1. The van der Waals surface area contributed by atoms with Crippen LogP contribution in [0.4, 0.5) is 5.69 Å². The van der Waals surface area contributed by atoms with Crippen LogP contribution in [0.2, 0.25) is 0 Å². The van der Waals surface area contributed by atoms with Gasteiger partial charge in [-0.1, -0.05) is 17.3 Å². The van der Waals surface area contributed by atoms with Gasteiger partial charge in [-0.2, -0.15) is 0 Å². The second kappa shape index (κ2) is 6.07. The third kappa shape index (κ3) is 3.09. The van der Waals surface area contributed by atoms with Gasteiger partial charge in [0.15, 0.2) is 5.76 Å². The first-order valence-electron chi connectivity index (χ1n) is 7.41. The summed E-state index contributed by atoms with van der Waals surface area (Å²) in [6.07, 6.45) is 0. The molecular weight excluding hydrogens is 344 g/mol. The third-order valence-corrected chi connectivity index (χ3v) is 6.50. The minimum atomic E-state index is -3.66. The van der Waals surface area contributed by atoms with Gasteiger partial charge in [-0.3, -0.25) is 4.72 Å². The van der Waals surface area contributed by atoms with Crippen molar-refractivity contribution in [2.75, 3.05) is 4.72 Å². The normalized spacial score (nSPS) is 11.7. The fourth-order valence-corrected chi connectivity index (χ4v) is 5.08. The molecule has 1 N–H and O–H groups in total. The summed E-state index contributed by atoms with van der Waals surface area (Å²) in [6, 6.07) is 8.91. The highest BCUT2D eigenvalue weighted by atomic mass is 32.2. The maximum atomic E-state index is 12.7. The van der Waals surface area contributed by atoms with Gasteiger partial charge in [-0.25, -0.2) is 8.42 Å². The lowest BCUT2D eigenvalue weighted by molar-refractivity contribution is 0.427. The van der Waals surface area contributed by atoms with Gasteiger partial charge in [-0.05, 0) is 51.5 Å². The van der Waals surface area contributed by atoms with Crippen LogP contribution in [0.15, 0.2) is 39.8 Å². The van der Waals surface area contributed by atoms with E-state index in [-0.39, 0.29) is 4.90 Å². The molecule has 3 aromatic rings. The van der Waals surface area contributed by atoms with E-state index in [1.54, 1.807) is 25.1 Å². The van der Waals surface area contributed by atoms with Crippen LogP contribution in [0.1, 0.15) is 21.7 Å². The van der Waals surface area contributed by atoms with Crippen LogP contribution >= 0.6 is 11.3 Å². The molecule has 0 bridgehead atoms. The molecule has 0 atom stereocenters. The van der Waals surface area contributed by atoms with E-state index < -0.39 is 10.0 Å². The van der Waals surface area contributed by atoms with E-state index in [2.05, 4.69) is 9.88 Å². The number of thiophene rings is 1. The van der Waals surface area contributed by atoms with Crippen LogP contribution < -0.4 is 4.72 Å². The Hall–Kier alpha value is -2.12. The Kier molecular flexibility index (Phi) is 4.23. The molecule has 0 aliphatic carbocycles. The minimum absolute atomic E-state index is 0.262. The van der Waals surface area contributed by atoms with E-state index in [4.69, 9.17) is 4.52 Å². The Bertz CT molecular complexity index is 1000. The zero-order valence-electron chi connectivity index (χ0n) is 13.9. The Morgan fingerprint density at radius 3 is 2.50 bits per heavy atom. The summed E-state index contributed by atoms with van der Waals surface area (Å²) in [5, 5.41) is 3.94. The monoisotopic (exact) mass is 362 g/mol. The second-order valence-corrected chi connectivity index (χ2v) is 8.64. The first-order valence-corrected chi connectivity index (χ1v) is 9.71. The number of benzene rings is 1. The number of nitrogens with one attached hydrogen (secondary N) is 1. The molecule has 0 saturated heterocycles. The van der Waals surface area contributed by atoms with Gasteiger partial charge in [0.1, 0.15) is 4.90 Å². The van der Waals surface area contributed by atoms with Crippen LogP contribution in [-0.2, 0) is 10.0 Å². The number of sulfonamides is 1. The van der Waals surface area contributed by atoms with E-state index in [0.29, 0.717) is 16.3 Å². The molecule has 1 aromatic carbocycles. The lowest BCUT2D eigenvalue weighted by Gasteiger charge is -2.08. The first-order chi connectivity index (χ1) is 11.3. The molecule has 0 aliphatic heterocycles. The number of anilines is 1. The van der Waals surface area contributed by atoms with E-state index in [1.807, 2.05) is 32.9 Å². The number of hydrogen-bond donors (Lipinski definition) is 1. The third-order valence-electron chi connectivity index (χ3n) is 3.81. The molecule has 2 heterocycles.